The number of methoxy groups -OCH3 is 1. The fourth-order valence-electron chi connectivity index (χ4n) is 1.97. The summed E-state index contributed by atoms with van der Waals surface area (Å²) in [6.07, 6.45) is 6.39. The molecule has 0 saturated carbocycles. The van der Waals surface area contributed by atoms with Gasteiger partial charge in [0.1, 0.15) is 0 Å². The van der Waals surface area contributed by atoms with E-state index in [4.69, 9.17) is 14.6 Å². The van der Waals surface area contributed by atoms with E-state index in [-0.39, 0.29) is 12.7 Å². The van der Waals surface area contributed by atoms with Gasteiger partial charge in [0.25, 0.3) is 0 Å². The third kappa shape index (κ3) is 2.80. The molecule has 0 amide bonds. The summed E-state index contributed by atoms with van der Waals surface area (Å²) in [7, 11) is 1.67. The maximum atomic E-state index is 8.85. The Balaban J connectivity index is 2.54. The van der Waals surface area contributed by atoms with Crippen molar-refractivity contribution in [2.75, 3.05) is 13.7 Å². The number of rotatable bonds is 5. The van der Waals surface area contributed by atoms with Crippen molar-refractivity contribution in [3.8, 4) is 0 Å². The van der Waals surface area contributed by atoms with Crippen LogP contribution < -0.4 is 0 Å². The van der Waals surface area contributed by atoms with Crippen molar-refractivity contribution in [3.63, 3.8) is 0 Å². The molecule has 14 heavy (non-hydrogen) atoms. The molecule has 1 N–H and O–H groups in total. The van der Waals surface area contributed by atoms with Crippen LogP contribution >= 0.6 is 0 Å². The zero-order chi connectivity index (χ0) is 10.4. The number of ether oxygens (including phenoxy) is 2. The van der Waals surface area contributed by atoms with Crippen LogP contribution in [-0.2, 0) is 9.47 Å². The molecule has 1 aliphatic heterocycles. The molecule has 3 nitrogen and oxygen atoms in total. The minimum atomic E-state index is -0.486. The van der Waals surface area contributed by atoms with E-state index in [0.717, 1.165) is 19.3 Å². The van der Waals surface area contributed by atoms with Crippen molar-refractivity contribution in [2.45, 2.75) is 44.0 Å². The maximum Gasteiger partial charge on any atom is 0.171 e. The molecule has 82 valence electrons. The van der Waals surface area contributed by atoms with Gasteiger partial charge < -0.3 is 14.6 Å². The number of hydrogen-bond acceptors (Lipinski definition) is 3. The highest BCUT2D eigenvalue weighted by molar-refractivity contribution is 4.85. The van der Waals surface area contributed by atoms with Gasteiger partial charge in [0.2, 0.25) is 0 Å². The summed E-state index contributed by atoms with van der Waals surface area (Å²) < 4.78 is 11.3. The summed E-state index contributed by atoms with van der Waals surface area (Å²) in [5, 5.41) is 8.85. The third-order valence-electron chi connectivity index (χ3n) is 2.74. The Kier molecular flexibility index (Phi) is 4.58. The van der Waals surface area contributed by atoms with E-state index < -0.39 is 5.79 Å². The molecule has 1 fully saturated rings. The lowest BCUT2D eigenvalue weighted by atomic mass is 9.97. The Morgan fingerprint density at radius 3 is 3.07 bits per heavy atom. The Morgan fingerprint density at radius 1 is 1.71 bits per heavy atom. The van der Waals surface area contributed by atoms with Gasteiger partial charge in [0.15, 0.2) is 5.79 Å². The van der Waals surface area contributed by atoms with Gasteiger partial charge in [-0.05, 0) is 19.3 Å². The van der Waals surface area contributed by atoms with Crippen LogP contribution in [0.2, 0.25) is 0 Å². The van der Waals surface area contributed by atoms with Crippen LogP contribution in [0.4, 0.5) is 0 Å². The van der Waals surface area contributed by atoms with Gasteiger partial charge in [0.05, 0.1) is 6.10 Å². The summed E-state index contributed by atoms with van der Waals surface area (Å²) in [6.45, 7) is 3.89. The SMILES string of the molecule is C=CCC1(OC)CCC[C@@H](CCO)O1. The fraction of sp³-hybridized carbons (Fsp3) is 0.818. The lowest BCUT2D eigenvalue weighted by molar-refractivity contribution is -0.267. The van der Waals surface area contributed by atoms with E-state index >= 15 is 0 Å². The summed E-state index contributed by atoms with van der Waals surface area (Å²) in [6, 6.07) is 0. The Hall–Kier alpha value is -0.380. The molecular formula is C11H20O3. The lowest BCUT2D eigenvalue weighted by Gasteiger charge is -2.39. The minimum absolute atomic E-state index is 0.133. The Bertz CT molecular complexity index is 179. The number of aliphatic hydroxyl groups excluding tert-OH is 1. The van der Waals surface area contributed by atoms with Crippen molar-refractivity contribution in [3.05, 3.63) is 12.7 Å². The third-order valence-corrected chi connectivity index (χ3v) is 2.74. The Labute approximate surface area is 85.7 Å². The van der Waals surface area contributed by atoms with E-state index in [2.05, 4.69) is 6.58 Å². The van der Waals surface area contributed by atoms with Crippen LogP contribution in [0.5, 0.6) is 0 Å². The molecule has 3 heteroatoms. The first-order chi connectivity index (χ1) is 6.76. The van der Waals surface area contributed by atoms with Gasteiger partial charge in [0, 0.05) is 26.6 Å². The van der Waals surface area contributed by atoms with Crippen LogP contribution in [0.15, 0.2) is 12.7 Å². The monoisotopic (exact) mass is 200 g/mol. The first-order valence-electron chi connectivity index (χ1n) is 5.21. The Morgan fingerprint density at radius 2 is 2.50 bits per heavy atom. The first-order valence-corrected chi connectivity index (χ1v) is 5.21. The summed E-state index contributed by atoms with van der Waals surface area (Å²) >= 11 is 0. The topological polar surface area (TPSA) is 38.7 Å². The van der Waals surface area contributed by atoms with E-state index in [0.29, 0.717) is 12.8 Å². The van der Waals surface area contributed by atoms with E-state index in [1.165, 1.54) is 0 Å². The fourth-order valence-corrected chi connectivity index (χ4v) is 1.97. The second-order valence-corrected chi connectivity index (χ2v) is 3.75. The highest BCUT2D eigenvalue weighted by Gasteiger charge is 2.35. The zero-order valence-electron chi connectivity index (χ0n) is 8.87. The quantitative estimate of drug-likeness (QED) is 0.688. The lowest BCUT2D eigenvalue weighted by Crippen LogP contribution is -2.42. The highest BCUT2D eigenvalue weighted by atomic mass is 16.7. The van der Waals surface area contributed by atoms with Crippen molar-refractivity contribution < 1.29 is 14.6 Å². The van der Waals surface area contributed by atoms with Gasteiger partial charge in [-0.15, -0.1) is 6.58 Å². The number of aliphatic hydroxyl groups is 1. The molecule has 1 rings (SSSR count). The number of hydrogen-bond donors (Lipinski definition) is 1. The summed E-state index contributed by atoms with van der Waals surface area (Å²) in [5.74, 6) is -0.486. The van der Waals surface area contributed by atoms with E-state index in [1.54, 1.807) is 7.11 Å². The molecule has 1 heterocycles. The zero-order valence-corrected chi connectivity index (χ0v) is 8.87. The molecule has 0 aromatic carbocycles. The molecule has 0 radical (unpaired) electrons. The molecular weight excluding hydrogens is 180 g/mol. The standard InChI is InChI=1S/C11H20O3/c1-3-7-11(13-2)8-4-5-10(14-11)6-9-12/h3,10,12H,1,4-9H2,2H3/t10-,11?/m0/s1. The molecule has 0 spiro atoms. The van der Waals surface area contributed by atoms with E-state index in [9.17, 15) is 0 Å². The summed E-state index contributed by atoms with van der Waals surface area (Å²) in [4.78, 5) is 0. The predicted octanol–water partition coefficient (Wildman–Crippen LogP) is 1.86. The van der Waals surface area contributed by atoms with Crippen LogP contribution in [0.3, 0.4) is 0 Å². The molecule has 0 aromatic rings. The molecule has 2 atom stereocenters. The second-order valence-electron chi connectivity index (χ2n) is 3.75. The minimum Gasteiger partial charge on any atom is -0.396 e. The average molecular weight is 200 g/mol. The van der Waals surface area contributed by atoms with Crippen molar-refractivity contribution in [2.24, 2.45) is 0 Å². The van der Waals surface area contributed by atoms with Crippen LogP contribution in [-0.4, -0.2) is 30.7 Å². The van der Waals surface area contributed by atoms with Crippen LogP contribution in [0.1, 0.15) is 32.1 Å². The van der Waals surface area contributed by atoms with Crippen molar-refractivity contribution in [1.82, 2.24) is 0 Å². The van der Waals surface area contributed by atoms with E-state index in [1.807, 2.05) is 6.08 Å². The second kappa shape index (κ2) is 5.49. The van der Waals surface area contributed by atoms with Crippen LogP contribution in [0.25, 0.3) is 0 Å². The molecule has 0 aliphatic carbocycles. The normalized spacial score (nSPS) is 32.9. The van der Waals surface area contributed by atoms with Crippen molar-refractivity contribution >= 4 is 0 Å². The predicted molar refractivity (Wildman–Crippen MR) is 55.0 cm³/mol. The molecule has 0 bridgehead atoms. The highest BCUT2D eigenvalue weighted by Crippen LogP contribution is 2.33. The smallest absolute Gasteiger partial charge is 0.171 e. The van der Waals surface area contributed by atoms with Gasteiger partial charge in [-0.3, -0.25) is 0 Å². The van der Waals surface area contributed by atoms with Gasteiger partial charge in [-0.2, -0.15) is 0 Å². The average Bonchev–Trinajstić information content (AvgIpc) is 2.19. The molecule has 1 aliphatic rings. The largest absolute Gasteiger partial charge is 0.396 e. The van der Waals surface area contributed by atoms with Gasteiger partial charge >= 0.3 is 0 Å². The molecule has 1 unspecified atom stereocenters. The van der Waals surface area contributed by atoms with Gasteiger partial charge in [-0.1, -0.05) is 6.08 Å². The van der Waals surface area contributed by atoms with Crippen LogP contribution in [0, 0.1) is 0 Å². The molecule has 1 saturated heterocycles. The maximum absolute atomic E-state index is 8.85. The van der Waals surface area contributed by atoms with Gasteiger partial charge in [-0.25, -0.2) is 0 Å². The first kappa shape index (κ1) is 11.7. The summed E-state index contributed by atoms with van der Waals surface area (Å²) in [5.41, 5.74) is 0. The van der Waals surface area contributed by atoms with Crippen molar-refractivity contribution in [1.29, 1.82) is 0 Å². The molecule has 0 aromatic heterocycles.